The van der Waals surface area contributed by atoms with Crippen LogP contribution in [0.1, 0.15) is 19.3 Å². The maximum absolute atomic E-state index is 11.8. The van der Waals surface area contributed by atoms with Gasteiger partial charge in [-0.3, -0.25) is 9.89 Å². The number of aromatic amines is 1. The second kappa shape index (κ2) is 6.46. The van der Waals surface area contributed by atoms with E-state index in [9.17, 15) is 9.59 Å². The van der Waals surface area contributed by atoms with Gasteiger partial charge in [-0.15, -0.1) is 0 Å². The van der Waals surface area contributed by atoms with Gasteiger partial charge in [-0.2, -0.15) is 5.10 Å². The molecule has 1 aliphatic heterocycles. The van der Waals surface area contributed by atoms with Crippen LogP contribution < -0.4 is 10.6 Å². The van der Waals surface area contributed by atoms with E-state index in [1.807, 2.05) is 23.1 Å². The third kappa shape index (κ3) is 3.36. The van der Waals surface area contributed by atoms with Crippen LogP contribution in [-0.2, 0) is 4.79 Å². The molecule has 2 heterocycles. The maximum atomic E-state index is 11.8. The number of rotatable bonds is 5. The molecule has 0 saturated carbocycles. The van der Waals surface area contributed by atoms with Crippen molar-refractivity contribution in [3.8, 4) is 0 Å². The summed E-state index contributed by atoms with van der Waals surface area (Å²) in [5, 5.41) is 13.3. The molecule has 0 aliphatic carbocycles. The van der Waals surface area contributed by atoms with Gasteiger partial charge in [0.05, 0.1) is 11.7 Å². The molecule has 1 aromatic carbocycles. The lowest BCUT2D eigenvalue weighted by Crippen LogP contribution is -2.32. The Bertz CT molecular complexity index is 681. The summed E-state index contributed by atoms with van der Waals surface area (Å²) in [6.07, 6.45) is 4.08. The predicted octanol–water partition coefficient (Wildman–Crippen LogP) is 1.70. The standard InChI is InChI=1S/C15H19N5O2/c21-14-3-1-7-20(14)8-2-6-16-15(22)18-12-4-5-13-11(9-12)10-17-19-13/h4-5,9-10H,1-3,6-8H2,(H,17,19)(H2,16,18,22). The summed E-state index contributed by atoms with van der Waals surface area (Å²) in [4.78, 5) is 25.1. The number of urea groups is 1. The van der Waals surface area contributed by atoms with Crippen molar-refractivity contribution in [1.82, 2.24) is 20.4 Å². The van der Waals surface area contributed by atoms with Crippen LogP contribution in [0.15, 0.2) is 24.4 Å². The number of carbonyl (C=O) groups excluding carboxylic acids is 2. The molecule has 0 radical (unpaired) electrons. The first-order valence-electron chi connectivity index (χ1n) is 7.48. The molecule has 3 amide bonds. The Morgan fingerprint density at radius 3 is 3.14 bits per heavy atom. The molecule has 116 valence electrons. The van der Waals surface area contributed by atoms with Crippen LogP contribution in [-0.4, -0.2) is 46.7 Å². The summed E-state index contributed by atoms with van der Waals surface area (Å²) < 4.78 is 0. The topological polar surface area (TPSA) is 90.1 Å². The summed E-state index contributed by atoms with van der Waals surface area (Å²) in [6.45, 7) is 2.10. The average molecular weight is 301 g/mol. The SMILES string of the molecule is O=C(NCCCN1CCCC1=O)Nc1ccc2[nH]ncc2c1. The monoisotopic (exact) mass is 301 g/mol. The van der Waals surface area contributed by atoms with E-state index in [-0.39, 0.29) is 11.9 Å². The van der Waals surface area contributed by atoms with Gasteiger partial charge in [0.1, 0.15) is 0 Å². The van der Waals surface area contributed by atoms with Crippen LogP contribution in [0.3, 0.4) is 0 Å². The molecule has 1 aromatic heterocycles. The van der Waals surface area contributed by atoms with Crippen molar-refractivity contribution < 1.29 is 9.59 Å². The number of amides is 3. The lowest BCUT2D eigenvalue weighted by molar-refractivity contribution is -0.127. The fraction of sp³-hybridized carbons (Fsp3) is 0.400. The first-order valence-corrected chi connectivity index (χ1v) is 7.48. The molecule has 0 atom stereocenters. The van der Waals surface area contributed by atoms with Gasteiger partial charge in [0, 0.05) is 37.1 Å². The third-order valence-corrected chi connectivity index (χ3v) is 3.76. The quantitative estimate of drug-likeness (QED) is 0.734. The Hall–Kier alpha value is -2.57. The van der Waals surface area contributed by atoms with Gasteiger partial charge < -0.3 is 15.5 Å². The summed E-state index contributed by atoms with van der Waals surface area (Å²) >= 11 is 0. The minimum atomic E-state index is -0.240. The number of nitrogens with zero attached hydrogens (tertiary/aromatic N) is 2. The molecule has 0 bridgehead atoms. The van der Waals surface area contributed by atoms with Crippen molar-refractivity contribution in [3.05, 3.63) is 24.4 Å². The molecule has 7 nitrogen and oxygen atoms in total. The number of fused-ring (bicyclic) bond motifs is 1. The number of hydrogen-bond donors (Lipinski definition) is 3. The Labute approximate surface area is 128 Å². The Balaban J connectivity index is 1.41. The van der Waals surface area contributed by atoms with Gasteiger partial charge in [-0.05, 0) is 31.0 Å². The number of anilines is 1. The van der Waals surface area contributed by atoms with Crippen molar-refractivity contribution in [2.45, 2.75) is 19.3 Å². The highest BCUT2D eigenvalue weighted by molar-refractivity contribution is 5.92. The molecular weight excluding hydrogens is 282 g/mol. The lowest BCUT2D eigenvalue weighted by atomic mass is 10.2. The van der Waals surface area contributed by atoms with E-state index in [1.165, 1.54) is 0 Å². The Morgan fingerprint density at radius 1 is 1.41 bits per heavy atom. The molecule has 22 heavy (non-hydrogen) atoms. The normalized spacial score (nSPS) is 14.5. The molecule has 2 aromatic rings. The van der Waals surface area contributed by atoms with Crippen molar-refractivity contribution in [2.75, 3.05) is 25.0 Å². The van der Waals surface area contributed by atoms with Crippen LogP contribution in [0.4, 0.5) is 10.5 Å². The van der Waals surface area contributed by atoms with Crippen molar-refractivity contribution in [2.24, 2.45) is 0 Å². The highest BCUT2D eigenvalue weighted by Gasteiger charge is 2.18. The van der Waals surface area contributed by atoms with E-state index >= 15 is 0 Å². The number of H-pyrrole nitrogens is 1. The van der Waals surface area contributed by atoms with E-state index in [2.05, 4.69) is 20.8 Å². The lowest BCUT2D eigenvalue weighted by Gasteiger charge is -2.15. The highest BCUT2D eigenvalue weighted by atomic mass is 16.2. The van der Waals surface area contributed by atoms with Gasteiger partial charge in [0.15, 0.2) is 0 Å². The third-order valence-electron chi connectivity index (χ3n) is 3.76. The summed E-state index contributed by atoms with van der Waals surface area (Å²) in [5.41, 5.74) is 1.65. The van der Waals surface area contributed by atoms with Crippen LogP contribution >= 0.6 is 0 Å². The van der Waals surface area contributed by atoms with E-state index in [1.54, 1.807) is 6.20 Å². The number of aromatic nitrogens is 2. The molecule has 0 spiro atoms. The minimum Gasteiger partial charge on any atom is -0.343 e. The van der Waals surface area contributed by atoms with Gasteiger partial charge >= 0.3 is 6.03 Å². The van der Waals surface area contributed by atoms with Gasteiger partial charge in [0.2, 0.25) is 5.91 Å². The molecule has 0 unspecified atom stereocenters. The Morgan fingerprint density at radius 2 is 2.32 bits per heavy atom. The smallest absolute Gasteiger partial charge is 0.319 e. The van der Waals surface area contributed by atoms with Crippen molar-refractivity contribution >= 4 is 28.5 Å². The van der Waals surface area contributed by atoms with Crippen molar-refractivity contribution in [1.29, 1.82) is 0 Å². The Kier molecular flexibility index (Phi) is 4.22. The van der Waals surface area contributed by atoms with Crippen LogP contribution in [0, 0.1) is 0 Å². The fourth-order valence-corrected chi connectivity index (χ4v) is 2.61. The van der Waals surface area contributed by atoms with E-state index < -0.39 is 0 Å². The summed E-state index contributed by atoms with van der Waals surface area (Å²) in [7, 11) is 0. The second-order valence-corrected chi connectivity index (χ2v) is 5.39. The first kappa shape index (κ1) is 14.4. The van der Waals surface area contributed by atoms with E-state index in [0.29, 0.717) is 19.5 Å². The largest absolute Gasteiger partial charge is 0.343 e. The number of hydrogen-bond acceptors (Lipinski definition) is 3. The molecule has 1 aliphatic rings. The van der Waals surface area contributed by atoms with E-state index in [0.717, 1.165) is 36.0 Å². The summed E-state index contributed by atoms with van der Waals surface area (Å²) in [5.74, 6) is 0.220. The van der Waals surface area contributed by atoms with Gasteiger partial charge in [-0.1, -0.05) is 0 Å². The van der Waals surface area contributed by atoms with E-state index in [4.69, 9.17) is 0 Å². The molecular formula is C15H19N5O2. The highest BCUT2D eigenvalue weighted by Crippen LogP contribution is 2.16. The zero-order chi connectivity index (χ0) is 15.4. The van der Waals surface area contributed by atoms with Gasteiger partial charge in [0.25, 0.3) is 0 Å². The first-order chi connectivity index (χ1) is 10.7. The van der Waals surface area contributed by atoms with Gasteiger partial charge in [-0.25, -0.2) is 4.79 Å². The molecule has 3 N–H and O–H groups in total. The van der Waals surface area contributed by atoms with Crippen LogP contribution in [0.25, 0.3) is 10.9 Å². The van der Waals surface area contributed by atoms with Crippen LogP contribution in [0.2, 0.25) is 0 Å². The number of likely N-dealkylation sites (tertiary alicyclic amines) is 1. The second-order valence-electron chi connectivity index (χ2n) is 5.39. The zero-order valence-corrected chi connectivity index (χ0v) is 12.3. The summed E-state index contributed by atoms with van der Waals surface area (Å²) in [6, 6.07) is 5.32. The number of nitrogens with one attached hydrogen (secondary N) is 3. The van der Waals surface area contributed by atoms with Crippen molar-refractivity contribution in [3.63, 3.8) is 0 Å². The minimum absolute atomic E-state index is 0.220. The number of benzene rings is 1. The maximum Gasteiger partial charge on any atom is 0.319 e. The predicted molar refractivity (Wildman–Crippen MR) is 83.5 cm³/mol. The molecule has 1 fully saturated rings. The van der Waals surface area contributed by atoms with Crippen LogP contribution in [0.5, 0.6) is 0 Å². The number of carbonyl (C=O) groups is 2. The molecule has 7 heteroatoms. The molecule has 1 saturated heterocycles. The fourth-order valence-electron chi connectivity index (χ4n) is 2.61. The average Bonchev–Trinajstić information content (AvgIpc) is 3.12. The molecule has 3 rings (SSSR count). The zero-order valence-electron chi connectivity index (χ0n) is 12.3.